The molecule has 1 saturated carbocycles. The van der Waals surface area contributed by atoms with Gasteiger partial charge in [-0.15, -0.1) is 10.2 Å². The number of anilines is 2. The van der Waals surface area contributed by atoms with Crippen molar-refractivity contribution in [3.8, 4) is 11.3 Å². The molecule has 1 aliphatic carbocycles. The molecule has 3 N–H and O–H groups in total. The van der Waals surface area contributed by atoms with E-state index in [4.69, 9.17) is 5.11 Å². The van der Waals surface area contributed by atoms with Crippen LogP contribution in [-0.2, 0) is 4.79 Å². The Morgan fingerprint density at radius 2 is 1.71 bits per heavy atom. The van der Waals surface area contributed by atoms with Crippen LogP contribution in [0, 0.1) is 11.8 Å². The summed E-state index contributed by atoms with van der Waals surface area (Å²) in [6.45, 7) is 2.75. The highest BCUT2D eigenvalue weighted by atomic mass is 16.4. The molecule has 28 heavy (non-hydrogen) atoms. The van der Waals surface area contributed by atoms with Crippen LogP contribution in [0.25, 0.3) is 11.3 Å². The first-order valence-electron chi connectivity index (χ1n) is 9.44. The fourth-order valence-electron chi connectivity index (χ4n) is 4.27. The van der Waals surface area contributed by atoms with E-state index in [-0.39, 0.29) is 5.91 Å². The van der Waals surface area contributed by atoms with Crippen molar-refractivity contribution in [3.05, 3.63) is 36.4 Å². The van der Waals surface area contributed by atoms with Crippen molar-refractivity contribution < 1.29 is 14.7 Å². The highest BCUT2D eigenvalue weighted by molar-refractivity contribution is 5.88. The molecule has 3 atom stereocenters. The smallest absolute Gasteiger partial charge is 0.407 e. The van der Waals surface area contributed by atoms with Crippen LogP contribution in [0.15, 0.2) is 36.4 Å². The highest BCUT2D eigenvalue weighted by Crippen LogP contribution is 2.39. The number of nitrogens with one attached hydrogen (secondary N) is 2. The van der Waals surface area contributed by atoms with Gasteiger partial charge in [0.25, 0.3) is 0 Å². The fourth-order valence-corrected chi connectivity index (χ4v) is 4.27. The molecule has 1 aromatic heterocycles. The average Bonchev–Trinajstić information content (AvgIpc) is 3.21. The van der Waals surface area contributed by atoms with Crippen molar-refractivity contribution >= 4 is 23.5 Å². The summed E-state index contributed by atoms with van der Waals surface area (Å²) in [4.78, 5) is 23.7. The lowest BCUT2D eigenvalue weighted by molar-refractivity contribution is -0.114. The third kappa shape index (κ3) is 3.90. The zero-order valence-corrected chi connectivity index (χ0v) is 15.6. The van der Waals surface area contributed by atoms with Gasteiger partial charge in [0.15, 0.2) is 0 Å². The lowest BCUT2D eigenvalue weighted by Crippen LogP contribution is -2.29. The van der Waals surface area contributed by atoms with Crippen LogP contribution in [0.4, 0.5) is 16.3 Å². The summed E-state index contributed by atoms with van der Waals surface area (Å²) in [5.41, 5.74) is 2.44. The molecule has 1 aliphatic heterocycles. The molecule has 1 saturated heterocycles. The van der Waals surface area contributed by atoms with E-state index in [1.165, 1.54) is 11.8 Å². The van der Waals surface area contributed by atoms with Crippen molar-refractivity contribution in [3.63, 3.8) is 0 Å². The van der Waals surface area contributed by atoms with Crippen molar-refractivity contribution in [1.82, 2.24) is 15.1 Å². The number of carboxylic acid groups (broad SMARTS) is 1. The molecule has 2 aromatic rings. The van der Waals surface area contributed by atoms with E-state index in [1.54, 1.807) is 0 Å². The topological polar surface area (TPSA) is 107 Å². The van der Waals surface area contributed by atoms with Crippen LogP contribution in [0.3, 0.4) is 0 Å². The number of carbonyl (C=O) groups is 2. The molecule has 2 amide bonds. The quantitative estimate of drug-likeness (QED) is 0.752. The minimum absolute atomic E-state index is 0.102. The number of rotatable bonds is 4. The van der Waals surface area contributed by atoms with Crippen LogP contribution in [0.2, 0.25) is 0 Å². The number of likely N-dealkylation sites (tertiary alicyclic amines) is 1. The third-order valence-corrected chi connectivity index (χ3v) is 5.54. The molecular formula is C20H23N5O3. The van der Waals surface area contributed by atoms with Crippen molar-refractivity contribution in [2.24, 2.45) is 11.8 Å². The van der Waals surface area contributed by atoms with Gasteiger partial charge in [-0.05, 0) is 48.9 Å². The second-order valence-electron chi connectivity index (χ2n) is 7.58. The molecule has 0 bridgehead atoms. The van der Waals surface area contributed by atoms with Crippen molar-refractivity contribution in [2.75, 3.05) is 23.7 Å². The SMILES string of the molecule is CC(=O)Nc1ccc(-c2ccc(N[C@H]3C[C@@H]4CN(C(=O)O)C[C@@H]4C3)nn2)cc1. The number of nitrogens with zero attached hydrogens (tertiary/aromatic N) is 3. The van der Waals surface area contributed by atoms with E-state index < -0.39 is 6.09 Å². The molecule has 0 unspecified atom stereocenters. The summed E-state index contributed by atoms with van der Waals surface area (Å²) in [6.07, 6.45) is 1.11. The molecule has 2 aliphatic rings. The number of hydrogen-bond acceptors (Lipinski definition) is 5. The van der Waals surface area contributed by atoms with Gasteiger partial charge in [-0.1, -0.05) is 12.1 Å². The maximum atomic E-state index is 11.1. The van der Waals surface area contributed by atoms with Crippen LogP contribution in [-0.4, -0.2) is 51.3 Å². The van der Waals surface area contributed by atoms with Gasteiger partial charge in [0, 0.05) is 37.3 Å². The fraction of sp³-hybridized carbons (Fsp3) is 0.400. The predicted molar refractivity (Wildman–Crippen MR) is 105 cm³/mol. The molecule has 146 valence electrons. The largest absolute Gasteiger partial charge is 0.465 e. The van der Waals surface area contributed by atoms with E-state index in [2.05, 4.69) is 20.8 Å². The lowest BCUT2D eigenvalue weighted by atomic mass is 10.0. The van der Waals surface area contributed by atoms with Crippen LogP contribution < -0.4 is 10.6 Å². The van der Waals surface area contributed by atoms with E-state index in [0.717, 1.165) is 35.6 Å². The van der Waals surface area contributed by atoms with E-state index >= 15 is 0 Å². The molecule has 8 heteroatoms. The Morgan fingerprint density at radius 1 is 1.04 bits per heavy atom. The minimum atomic E-state index is -0.814. The molecule has 2 heterocycles. The highest BCUT2D eigenvalue weighted by Gasteiger charge is 2.42. The first kappa shape index (κ1) is 18.2. The van der Waals surface area contributed by atoms with Gasteiger partial charge in [-0.2, -0.15) is 0 Å². The van der Waals surface area contributed by atoms with Gasteiger partial charge < -0.3 is 20.6 Å². The number of fused-ring (bicyclic) bond motifs is 1. The van der Waals surface area contributed by atoms with Gasteiger partial charge in [0.1, 0.15) is 5.82 Å². The molecule has 8 nitrogen and oxygen atoms in total. The summed E-state index contributed by atoms with van der Waals surface area (Å²) in [5, 5.41) is 23.9. The molecular weight excluding hydrogens is 358 g/mol. The average molecular weight is 381 g/mol. The van der Waals surface area contributed by atoms with Crippen molar-refractivity contribution in [2.45, 2.75) is 25.8 Å². The first-order chi connectivity index (χ1) is 13.5. The van der Waals surface area contributed by atoms with Gasteiger partial charge >= 0.3 is 6.09 Å². The summed E-state index contributed by atoms with van der Waals surface area (Å²) in [7, 11) is 0. The Labute approximate surface area is 163 Å². The van der Waals surface area contributed by atoms with Gasteiger partial charge in [-0.3, -0.25) is 4.79 Å². The first-order valence-corrected chi connectivity index (χ1v) is 9.44. The van der Waals surface area contributed by atoms with Gasteiger partial charge in [-0.25, -0.2) is 4.79 Å². The number of hydrogen-bond donors (Lipinski definition) is 3. The zero-order valence-electron chi connectivity index (χ0n) is 15.6. The zero-order chi connectivity index (χ0) is 19.7. The van der Waals surface area contributed by atoms with Crippen LogP contribution >= 0.6 is 0 Å². The lowest BCUT2D eigenvalue weighted by Gasteiger charge is -2.17. The predicted octanol–water partition coefficient (Wildman–Crippen LogP) is 2.90. The van der Waals surface area contributed by atoms with E-state index in [9.17, 15) is 9.59 Å². The van der Waals surface area contributed by atoms with Crippen LogP contribution in [0.5, 0.6) is 0 Å². The number of amides is 2. The Hall–Kier alpha value is -3.16. The second-order valence-corrected chi connectivity index (χ2v) is 7.58. The summed E-state index contributed by atoms with van der Waals surface area (Å²) in [5.74, 6) is 1.50. The van der Waals surface area contributed by atoms with Gasteiger partial charge in [0.05, 0.1) is 5.69 Å². The normalized spacial score (nSPS) is 23.3. The summed E-state index contributed by atoms with van der Waals surface area (Å²) >= 11 is 0. The van der Waals surface area contributed by atoms with E-state index in [1.807, 2.05) is 36.4 Å². The summed E-state index contributed by atoms with van der Waals surface area (Å²) < 4.78 is 0. The second kappa shape index (κ2) is 7.46. The van der Waals surface area contributed by atoms with Gasteiger partial charge in [0.2, 0.25) is 5.91 Å². The standard InChI is InChI=1S/C20H23N5O3/c1-12(26)21-16-4-2-13(3-5-16)18-6-7-19(24-23-18)22-17-8-14-10-25(20(27)28)11-15(14)9-17/h2-7,14-15,17H,8-11H2,1H3,(H,21,26)(H,22,24)(H,27,28)/t14-,15+,17+. The molecule has 1 aromatic carbocycles. The number of aromatic nitrogens is 2. The molecule has 4 rings (SSSR count). The van der Waals surface area contributed by atoms with E-state index in [0.29, 0.717) is 31.0 Å². The van der Waals surface area contributed by atoms with Crippen LogP contribution in [0.1, 0.15) is 19.8 Å². The summed E-state index contributed by atoms with van der Waals surface area (Å²) in [6, 6.07) is 11.6. The Bertz CT molecular complexity index is 854. The molecule has 2 fully saturated rings. The Balaban J connectivity index is 1.34. The third-order valence-electron chi connectivity index (χ3n) is 5.54. The van der Waals surface area contributed by atoms with Crippen molar-refractivity contribution in [1.29, 1.82) is 0 Å². The maximum Gasteiger partial charge on any atom is 0.407 e. The number of carbonyl (C=O) groups excluding carboxylic acids is 1. The molecule has 0 spiro atoms. The Kier molecular flexibility index (Phi) is 4.85. The number of benzene rings is 1. The maximum absolute atomic E-state index is 11.1. The molecule has 0 radical (unpaired) electrons. The minimum Gasteiger partial charge on any atom is -0.465 e. The monoisotopic (exact) mass is 381 g/mol. The Morgan fingerprint density at radius 3 is 2.25 bits per heavy atom.